The van der Waals surface area contributed by atoms with Gasteiger partial charge in [0.1, 0.15) is 6.61 Å². The highest BCUT2D eigenvalue weighted by Gasteiger charge is 2.44. The molecule has 0 aromatic rings. The second kappa shape index (κ2) is 3.68. The van der Waals surface area contributed by atoms with Gasteiger partial charge in [-0.2, -0.15) is 0 Å². The Labute approximate surface area is 89.9 Å². The summed E-state index contributed by atoms with van der Waals surface area (Å²) < 4.78 is 4.90. The van der Waals surface area contributed by atoms with Crippen LogP contribution >= 0.6 is 0 Å². The van der Waals surface area contributed by atoms with E-state index < -0.39 is 6.09 Å². The molecule has 1 fully saturated rings. The fourth-order valence-electron chi connectivity index (χ4n) is 1.49. The number of hydrogen-bond donors (Lipinski definition) is 0. The van der Waals surface area contributed by atoms with Gasteiger partial charge in [-0.25, -0.2) is 9.69 Å². The molecule has 1 aliphatic heterocycles. The van der Waals surface area contributed by atoms with Crippen LogP contribution in [-0.4, -0.2) is 29.5 Å². The van der Waals surface area contributed by atoms with Gasteiger partial charge in [0, 0.05) is 5.57 Å². The Morgan fingerprint density at radius 2 is 2.07 bits per heavy atom. The normalized spacial score (nSPS) is 21.5. The summed E-state index contributed by atoms with van der Waals surface area (Å²) >= 11 is 0. The average molecular weight is 211 g/mol. The van der Waals surface area contributed by atoms with Crippen LogP contribution in [0.25, 0.3) is 0 Å². The summed E-state index contributed by atoms with van der Waals surface area (Å²) in [4.78, 5) is 24.3. The number of carbonyl (C=O) groups is 2. The first kappa shape index (κ1) is 11.8. The quantitative estimate of drug-likeness (QED) is 0.623. The third kappa shape index (κ3) is 2.19. The first-order valence-electron chi connectivity index (χ1n) is 4.91. The molecule has 4 nitrogen and oxygen atoms in total. The molecular weight excluding hydrogens is 194 g/mol. The molecule has 0 radical (unpaired) electrons. The third-order valence-electron chi connectivity index (χ3n) is 2.46. The molecule has 2 amide bonds. The van der Waals surface area contributed by atoms with Crippen molar-refractivity contribution in [2.45, 2.75) is 33.7 Å². The Balaban J connectivity index is 2.97. The average Bonchev–Trinajstić information content (AvgIpc) is 2.44. The smallest absolute Gasteiger partial charge is 0.417 e. The van der Waals surface area contributed by atoms with E-state index in [9.17, 15) is 9.59 Å². The summed E-state index contributed by atoms with van der Waals surface area (Å²) in [5.74, 6) is -0.350. The molecule has 1 rings (SSSR count). The van der Waals surface area contributed by atoms with E-state index in [2.05, 4.69) is 6.58 Å². The second-order valence-electron chi connectivity index (χ2n) is 4.91. The van der Waals surface area contributed by atoms with Crippen molar-refractivity contribution in [2.75, 3.05) is 6.61 Å². The minimum Gasteiger partial charge on any atom is -0.447 e. The standard InChI is InChI=1S/C11H17NO3/c1-7(2)9(13)12-8(11(3,4)5)6-15-10(12)14/h8H,1,6H2,2-5H3/t8-/m1/s1. The van der Waals surface area contributed by atoms with Crippen molar-refractivity contribution in [3.8, 4) is 0 Å². The molecule has 1 saturated heterocycles. The monoisotopic (exact) mass is 211 g/mol. The van der Waals surface area contributed by atoms with E-state index >= 15 is 0 Å². The van der Waals surface area contributed by atoms with Gasteiger partial charge in [-0.05, 0) is 12.3 Å². The van der Waals surface area contributed by atoms with E-state index in [0.717, 1.165) is 0 Å². The van der Waals surface area contributed by atoms with E-state index in [0.29, 0.717) is 5.57 Å². The molecule has 1 aliphatic rings. The number of amides is 2. The van der Waals surface area contributed by atoms with Crippen LogP contribution in [0.2, 0.25) is 0 Å². The zero-order valence-electron chi connectivity index (χ0n) is 9.66. The maximum Gasteiger partial charge on any atom is 0.417 e. The van der Waals surface area contributed by atoms with E-state index in [1.165, 1.54) is 4.90 Å². The van der Waals surface area contributed by atoms with Crippen LogP contribution in [0.3, 0.4) is 0 Å². The lowest BCUT2D eigenvalue weighted by Crippen LogP contribution is -2.46. The van der Waals surface area contributed by atoms with Crippen LogP contribution in [0.1, 0.15) is 27.7 Å². The van der Waals surface area contributed by atoms with Crippen molar-refractivity contribution in [3.63, 3.8) is 0 Å². The number of ether oxygens (including phenoxy) is 1. The summed E-state index contributed by atoms with van der Waals surface area (Å²) in [6.07, 6.45) is -0.567. The van der Waals surface area contributed by atoms with Crippen molar-refractivity contribution in [1.29, 1.82) is 0 Å². The summed E-state index contributed by atoms with van der Waals surface area (Å²) in [7, 11) is 0. The highest BCUT2D eigenvalue weighted by atomic mass is 16.6. The Morgan fingerprint density at radius 3 is 2.47 bits per heavy atom. The zero-order chi connectivity index (χ0) is 11.8. The molecule has 15 heavy (non-hydrogen) atoms. The summed E-state index contributed by atoms with van der Waals surface area (Å²) in [5.41, 5.74) is 0.167. The Morgan fingerprint density at radius 1 is 1.53 bits per heavy atom. The topological polar surface area (TPSA) is 46.6 Å². The van der Waals surface area contributed by atoms with Crippen molar-refractivity contribution in [3.05, 3.63) is 12.2 Å². The molecule has 0 spiro atoms. The number of cyclic esters (lactones) is 1. The number of hydrogen-bond acceptors (Lipinski definition) is 3. The van der Waals surface area contributed by atoms with Crippen LogP contribution in [0.4, 0.5) is 4.79 Å². The number of carbonyl (C=O) groups excluding carboxylic acids is 2. The molecule has 1 heterocycles. The minimum absolute atomic E-state index is 0.183. The minimum atomic E-state index is -0.567. The van der Waals surface area contributed by atoms with Crippen LogP contribution < -0.4 is 0 Å². The van der Waals surface area contributed by atoms with Gasteiger partial charge in [0.15, 0.2) is 0 Å². The predicted molar refractivity (Wildman–Crippen MR) is 56.3 cm³/mol. The predicted octanol–water partition coefficient (Wildman–Crippen LogP) is 1.96. The second-order valence-corrected chi connectivity index (χ2v) is 4.91. The number of rotatable bonds is 1. The molecule has 4 heteroatoms. The zero-order valence-corrected chi connectivity index (χ0v) is 9.66. The summed E-state index contributed by atoms with van der Waals surface area (Å²) in [6, 6.07) is -0.214. The van der Waals surface area contributed by atoms with Gasteiger partial charge in [0.2, 0.25) is 0 Å². The van der Waals surface area contributed by atoms with E-state index in [1.807, 2.05) is 20.8 Å². The number of imide groups is 1. The highest BCUT2D eigenvalue weighted by Crippen LogP contribution is 2.30. The SMILES string of the molecule is C=C(C)C(=O)N1C(=O)OC[C@@H]1C(C)(C)C. The van der Waals surface area contributed by atoms with Gasteiger partial charge in [0.25, 0.3) is 5.91 Å². The third-order valence-corrected chi connectivity index (χ3v) is 2.46. The molecule has 0 aromatic carbocycles. The molecule has 0 N–H and O–H groups in total. The maximum atomic E-state index is 11.7. The molecule has 0 unspecified atom stereocenters. The van der Waals surface area contributed by atoms with Gasteiger partial charge in [-0.3, -0.25) is 4.79 Å². The first-order valence-corrected chi connectivity index (χ1v) is 4.91. The van der Waals surface area contributed by atoms with E-state index in [-0.39, 0.29) is 24.0 Å². The van der Waals surface area contributed by atoms with Crippen molar-refractivity contribution >= 4 is 12.0 Å². The Bertz CT molecular complexity index is 314. The van der Waals surface area contributed by atoms with Gasteiger partial charge in [-0.15, -0.1) is 0 Å². The van der Waals surface area contributed by atoms with Crippen LogP contribution in [0.15, 0.2) is 12.2 Å². The maximum absolute atomic E-state index is 11.7. The fraction of sp³-hybridized carbons (Fsp3) is 0.636. The molecule has 0 saturated carbocycles. The van der Waals surface area contributed by atoms with Gasteiger partial charge in [-0.1, -0.05) is 27.4 Å². The summed E-state index contributed by atoms with van der Waals surface area (Å²) in [6.45, 7) is 11.3. The molecule has 84 valence electrons. The summed E-state index contributed by atoms with van der Waals surface area (Å²) in [5, 5.41) is 0. The van der Waals surface area contributed by atoms with Crippen molar-refractivity contribution < 1.29 is 14.3 Å². The largest absolute Gasteiger partial charge is 0.447 e. The van der Waals surface area contributed by atoms with Crippen LogP contribution in [0.5, 0.6) is 0 Å². The fourth-order valence-corrected chi connectivity index (χ4v) is 1.49. The lowest BCUT2D eigenvalue weighted by molar-refractivity contribution is -0.126. The number of nitrogens with zero attached hydrogens (tertiary/aromatic N) is 1. The van der Waals surface area contributed by atoms with Crippen molar-refractivity contribution in [1.82, 2.24) is 4.90 Å². The van der Waals surface area contributed by atoms with Gasteiger partial charge in [0.05, 0.1) is 6.04 Å². The van der Waals surface area contributed by atoms with Crippen LogP contribution in [0, 0.1) is 5.41 Å². The van der Waals surface area contributed by atoms with Crippen LogP contribution in [-0.2, 0) is 9.53 Å². The van der Waals surface area contributed by atoms with Gasteiger partial charge < -0.3 is 4.74 Å². The Hall–Kier alpha value is -1.32. The first-order chi connectivity index (χ1) is 6.75. The molecule has 0 aromatic heterocycles. The molecule has 0 aliphatic carbocycles. The van der Waals surface area contributed by atoms with Gasteiger partial charge >= 0.3 is 6.09 Å². The lowest BCUT2D eigenvalue weighted by Gasteiger charge is -2.30. The van der Waals surface area contributed by atoms with E-state index in [1.54, 1.807) is 6.92 Å². The van der Waals surface area contributed by atoms with E-state index in [4.69, 9.17) is 4.74 Å². The molecule has 1 atom stereocenters. The lowest BCUT2D eigenvalue weighted by atomic mass is 9.86. The molecular formula is C11H17NO3. The Kier molecular flexibility index (Phi) is 2.88. The molecule has 0 bridgehead atoms. The highest BCUT2D eigenvalue weighted by molar-refractivity contribution is 6.02. The van der Waals surface area contributed by atoms with Crippen molar-refractivity contribution in [2.24, 2.45) is 5.41 Å².